The summed E-state index contributed by atoms with van der Waals surface area (Å²) in [5.74, 6) is 0. The molecule has 0 radical (unpaired) electrons. The molecule has 3 aromatic heterocycles. The number of rotatable bonds is 5. The quantitative estimate of drug-likeness (QED) is 0.168. The molecule has 0 aliphatic heterocycles. The largest absolute Gasteiger partial charge is 0.416 e. The molecule has 7 nitrogen and oxygen atoms in total. The number of anilines is 3. The van der Waals surface area contributed by atoms with E-state index in [1.54, 1.807) is 11.3 Å². The predicted octanol–water partition coefficient (Wildman–Crippen LogP) is 9.06. The lowest BCUT2D eigenvalue weighted by atomic mass is 10.1. The molecule has 0 N–H and O–H groups in total. The monoisotopic (exact) mass is 689 g/mol. The molecular formula is C37H22F3N5O2S2. The van der Waals surface area contributed by atoms with Crippen molar-refractivity contribution >= 4 is 77.7 Å². The Labute approximate surface area is 283 Å². The molecule has 5 aromatic carbocycles. The minimum Gasteiger partial charge on any atom is -0.301 e. The van der Waals surface area contributed by atoms with Crippen LogP contribution in [0, 0.1) is 13.8 Å². The van der Waals surface area contributed by atoms with Crippen molar-refractivity contribution in [1.29, 1.82) is 0 Å². The van der Waals surface area contributed by atoms with Crippen molar-refractivity contribution in [2.24, 2.45) is 4.99 Å². The number of pyridine rings is 1. The van der Waals surface area contributed by atoms with E-state index in [4.69, 9.17) is 4.98 Å². The highest BCUT2D eigenvalue weighted by Gasteiger charge is 2.31. The van der Waals surface area contributed by atoms with Crippen molar-refractivity contribution in [1.82, 2.24) is 13.7 Å². The predicted molar refractivity (Wildman–Crippen MR) is 189 cm³/mol. The highest BCUT2D eigenvalue weighted by Crippen LogP contribution is 2.49. The maximum absolute atomic E-state index is 13.3. The smallest absolute Gasteiger partial charge is 0.301 e. The molecule has 8 rings (SSSR count). The lowest BCUT2D eigenvalue weighted by Crippen LogP contribution is -2.30. The number of hydrogen-bond donors (Lipinski definition) is 0. The zero-order valence-electron chi connectivity index (χ0n) is 25.7. The van der Waals surface area contributed by atoms with Gasteiger partial charge in [0.2, 0.25) is 5.43 Å². The van der Waals surface area contributed by atoms with Gasteiger partial charge in [0.25, 0.3) is 5.43 Å². The highest BCUT2D eigenvalue weighted by molar-refractivity contribution is 7.21. The van der Waals surface area contributed by atoms with Crippen molar-refractivity contribution in [2.75, 3.05) is 4.90 Å². The minimum absolute atomic E-state index is 0.0320. The number of alkyl halides is 3. The third-order valence-corrected chi connectivity index (χ3v) is 10.1. The van der Waals surface area contributed by atoms with Crippen molar-refractivity contribution in [3.8, 4) is 10.6 Å². The van der Waals surface area contributed by atoms with Crippen molar-refractivity contribution in [2.45, 2.75) is 20.0 Å². The van der Waals surface area contributed by atoms with E-state index >= 15 is 0 Å². The molecule has 0 aliphatic carbocycles. The summed E-state index contributed by atoms with van der Waals surface area (Å²) in [5, 5.41) is 2.39. The topological polar surface area (TPSA) is 88.4 Å². The molecule has 8 aromatic rings. The number of nitrogens with zero attached hydrogens (tertiary/aromatic N) is 5. The van der Waals surface area contributed by atoms with Crippen LogP contribution < -0.4 is 21.1 Å². The summed E-state index contributed by atoms with van der Waals surface area (Å²) in [4.78, 5) is 38.0. The van der Waals surface area contributed by atoms with Crippen LogP contribution >= 0.6 is 23.1 Å². The number of halogens is 3. The summed E-state index contributed by atoms with van der Waals surface area (Å²) in [5.41, 5.74) is 2.78. The highest BCUT2D eigenvalue weighted by atomic mass is 32.1. The molecule has 0 saturated heterocycles. The molecule has 0 fully saturated rings. The first kappa shape index (κ1) is 30.7. The van der Waals surface area contributed by atoms with Gasteiger partial charge in [-0.05, 0) is 50.2 Å². The lowest BCUT2D eigenvalue weighted by molar-refractivity contribution is -0.137. The summed E-state index contributed by atoms with van der Waals surface area (Å²) in [6, 6.07) is 27.4. The van der Waals surface area contributed by atoms with Crippen LogP contribution in [-0.2, 0) is 6.18 Å². The van der Waals surface area contributed by atoms with E-state index in [1.165, 1.54) is 6.20 Å². The summed E-state index contributed by atoms with van der Waals surface area (Å²) < 4.78 is 49.0. The number of hydrogen-bond acceptors (Lipinski definition) is 9. The standard InChI is InChI=1S/C37H22F3N5O2S2/c1-19-7-12-22(13-8-19)45(23-14-9-20(2)10-15-23)36-26-6-4-3-5-25(26)35(48-36)32-31-30(43-49-44-31)28(18-41-32)42-29-24-16-11-21(37(38,39)40)17-27(24)33(46)34(29)47/h3-18H,1-2H3. The molecular weight excluding hydrogens is 668 g/mol. The number of benzene rings is 4. The van der Waals surface area contributed by atoms with E-state index in [1.807, 2.05) is 18.2 Å². The Balaban J connectivity index is 1.31. The van der Waals surface area contributed by atoms with Gasteiger partial charge in [0.15, 0.2) is 0 Å². The van der Waals surface area contributed by atoms with Crippen LogP contribution in [0.15, 0.2) is 112 Å². The minimum atomic E-state index is -4.67. The number of thiophene rings is 1. The zero-order chi connectivity index (χ0) is 34.0. The van der Waals surface area contributed by atoms with Gasteiger partial charge >= 0.3 is 6.18 Å². The number of fused-ring (bicyclic) bond motifs is 3. The van der Waals surface area contributed by atoms with Gasteiger partial charge < -0.3 is 4.90 Å². The fourth-order valence-electron chi connectivity index (χ4n) is 5.89. The fraction of sp³-hybridized carbons (Fsp3) is 0.0811. The third kappa shape index (κ3) is 5.20. The maximum Gasteiger partial charge on any atom is 0.416 e. The van der Waals surface area contributed by atoms with Crippen LogP contribution in [0.5, 0.6) is 0 Å². The fourth-order valence-corrected chi connectivity index (χ4v) is 7.77. The van der Waals surface area contributed by atoms with Gasteiger partial charge in [-0.1, -0.05) is 65.7 Å². The average Bonchev–Trinajstić information content (AvgIpc) is 3.79. The van der Waals surface area contributed by atoms with Crippen LogP contribution in [-0.4, -0.2) is 13.7 Å². The maximum atomic E-state index is 13.3. The second kappa shape index (κ2) is 11.5. The van der Waals surface area contributed by atoms with E-state index in [-0.39, 0.29) is 21.8 Å². The number of aromatic nitrogens is 3. The summed E-state index contributed by atoms with van der Waals surface area (Å²) in [6.07, 6.45) is -3.21. The van der Waals surface area contributed by atoms with Gasteiger partial charge in [0.05, 0.1) is 28.4 Å². The van der Waals surface area contributed by atoms with Crippen LogP contribution in [0.2, 0.25) is 0 Å². The van der Waals surface area contributed by atoms with Crippen LogP contribution in [0.4, 0.5) is 35.2 Å². The average molecular weight is 690 g/mol. The molecule has 0 spiro atoms. The summed E-state index contributed by atoms with van der Waals surface area (Å²) >= 11 is 2.51. The van der Waals surface area contributed by atoms with Gasteiger partial charge in [-0.25, -0.2) is 4.99 Å². The van der Waals surface area contributed by atoms with E-state index in [2.05, 4.69) is 87.1 Å². The van der Waals surface area contributed by atoms with Crippen molar-refractivity contribution in [3.05, 3.63) is 140 Å². The van der Waals surface area contributed by atoms with Gasteiger partial charge in [-0.2, -0.15) is 21.9 Å². The second-order valence-corrected chi connectivity index (χ2v) is 13.1. The van der Waals surface area contributed by atoms with Crippen molar-refractivity contribution < 1.29 is 13.2 Å². The van der Waals surface area contributed by atoms with E-state index in [9.17, 15) is 22.8 Å². The van der Waals surface area contributed by atoms with Gasteiger partial charge in [0, 0.05) is 32.9 Å². The third-order valence-electron chi connectivity index (χ3n) is 8.37. The number of aryl methyl sites for hydroxylation is 2. The Hall–Kier alpha value is -5.59. The van der Waals surface area contributed by atoms with Crippen LogP contribution in [0.25, 0.3) is 43.1 Å². The van der Waals surface area contributed by atoms with E-state index in [0.29, 0.717) is 22.8 Å². The molecule has 0 bridgehead atoms. The Kier molecular flexibility index (Phi) is 7.23. The SMILES string of the molecule is Cc1ccc(N(c2ccc(C)cc2)c2sc(-c3ncc(N=c4c(=O)c(=O)c5cc(C(F)(F)F)ccc45)c4nsnc34)c3ccccc23)cc1. The first-order valence-corrected chi connectivity index (χ1v) is 16.6. The zero-order valence-corrected chi connectivity index (χ0v) is 27.4. The summed E-state index contributed by atoms with van der Waals surface area (Å²) in [6.45, 7) is 4.10. The Morgan fingerprint density at radius 3 is 2.00 bits per heavy atom. The normalized spacial score (nSPS) is 12.5. The van der Waals surface area contributed by atoms with Crippen LogP contribution in [0.3, 0.4) is 0 Å². The van der Waals surface area contributed by atoms with Gasteiger partial charge in [0.1, 0.15) is 32.8 Å². The molecule has 240 valence electrons. The molecule has 0 unspecified atom stereocenters. The first-order valence-electron chi connectivity index (χ1n) is 15.0. The van der Waals surface area contributed by atoms with Gasteiger partial charge in [-0.3, -0.25) is 14.6 Å². The van der Waals surface area contributed by atoms with Gasteiger partial charge in [-0.15, -0.1) is 11.3 Å². The van der Waals surface area contributed by atoms with Crippen molar-refractivity contribution in [3.63, 3.8) is 0 Å². The summed E-state index contributed by atoms with van der Waals surface area (Å²) in [7, 11) is 0. The van der Waals surface area contributed by atoms with E-state index in [0.717, 1.165) is 67.0 Å². The molecule has 12 heteroatoms. The second-order valence-electron chi connectivity index (χ2n) is 11.6. The Morgan fingerprint density at radius 1 is 0.714 bits per heavy atom. The Bertz CT molecular complexity index is 2680. The molecule has 0 atom stereocenters. The molecule has 0 aliphatic rings. The molecule has 3 heterocycles. The first-order chi connectivity index (χ1) is 23.6. The Morgan fingerprint density at radius 2 is 1.35 bits per heavy atom. The molecule has 0 saturated carbocycles. The molecule has 49 heavy (non-hydrogen) atoms. The van der Waals surface area contributed by atoms with E-state index < -0.39 is 22.6 Å². The lowest BCUT2D eigenvalue weighted by Gasteiger charge is -2.24. The van der Waals surface area contributed by atoms with Crippen LogP contribution in [0.1, 0.15) is 16.7 Å². The molecule has 0 amide bonds.